The molecule has 13 heavy (non-hydrogen) atoms. The second-order valence-electron chi connectivity index (χ2n) is 3.85. The van der Waals surface area contributed by atoms with E-state index in [0.717, 1.165) is 12.8 Å². The summed E-state index contributed by atoms with van der Waals surface area (Å²) in [6, 6.07) is -0.817. The lowest BCUT2D eigenvalue weighted by atomic mass is 9.85. The van der Waals surface area contributed by atoms with E-state index in [2.05, 4.69) is 5.43 Å². The summed E-state index contributed by atoms with van der Waals surface area (Å²) in [6.45, 7) is 0. The van der Waals surface area contributed by atoms with Gasteiger partial charge >= 0.3 is 0 Å². The molecular weight excluding hydrogens is 174 g/mol. The van der Waals surface area contributed by atoms with Gasteiger partial charge in [0.25, 0.3) is 6.43 Å². The average Bonchev–Trinajstić information content (AvgIpc) is 2.15. The number of rotatable bonds is 4. The summed E-state index contributed by atoms with van der Waals surface area (Å²) in [5.74, 6) is 5.51. The number of hydrogen-bond donors (Lipinski definition) is 2. The van der Waals surface area contributed by atoms with Crippen LogP contribution in [0, 0.1) is 5.92 Å². The van der Waals surface area contributed by atoms with Crippen molar-refractivity contribution < 1.29 is 8.78 Å². The fraction of sp³-hybridized carbons (Fsp3) is 1.00. The van der Waals surface area contributed by atoms with Gasteiger partial charge in [-0.15, -0.1) is 0 Å². The molecule has 3 N–H and O–H groups in total. The first-order valence-electron chi connectivity index (χ1n) is 4.98. The van der Waals surface area contributed by atoms with Crippen molar-refractivity contribution in [2.45, 2.75) is 51.0 Å². The number of hydrazine groups is 1. The van der Waals surface area contributed by atoms with Crippen molar-refractivity contribution in [3.8, 4) is 0 Å². The van der Waals surface area contributed by atoms with Crippen LogP contribution in [0.4, 0.5) is 8.78 Å². The predicted molar refractivity (Wildman–Crippen MR) is 48.3 cm³/mol. The Morgan fingerprint density at radius 2 is 1.85 bits per heavy atom. The highest BCUT2D eigenvalue weighted by Crippen LogP contribution is 2.28. The van der Waals surface area contributed by atoms with Crippen molar-refractivity contribution in [1.29, 1.82) is 0 Å². The molecule has 1 aliphatic carbocycles. The quantitative estimate of drug-likeness (QED) is 0.528. The fourth-order valence-corrected chi connectivity index (χ4v) is 2.03. The average molecular weight is 192 g/mol. The maximum absolute atomic E-state index is 12.3. The number of alkyl halides is 2. The highest BCUT2D eigenvalue weighted by Gasteiger charge is 2.24. The van der Waals surface area contributed by atoms with Gasteiger partial charge in [0.2, 0.25) is 0 Å². The van der Waals surface area contributed by atoms with Crippen molar-refractivity contribution in [1.82, 2.24) is 5.43 Å². The monoisotopic (exact) mass is 192 g/mol. The van der Waals surface area contributed by atoms with Crippen molar-refractivity contribution in [2.75, 3.05) is 0 Å². The minimum Gasteiger partial charge on any atom is -0.271 e. The summed E-state index contributed by atoms with van der Waals surface area (Å²) >= 11 is 0. The zero-order valence-electron chi connectivity index (χ0n) is 7.81. The van der Waals surface area contributed by atoms with Crippen LogP contribution in [-0.4, -0.2) is 12.5 Å². The Bertz CT molecular complexity index is 136. The van der Waals surface area contributed by atoms with Gasteiger partial charge in [-0.25, -0.2) is 8.78 Å². The molecule has 78 valence electrons. The summed E-state index contributed by atoms with van der Waals surface area (Å²) in [4.78, 5) is 0. The third-order valence-electron chi connectivity index (χ3n) is 2.83. The molecule has 2 nitrogen and oxygen atoms in total. The van der Waals surface area contributed by atoms with Crippen LogP contribution >= 0.6 is 0 Å². The molecule has 0 aromatic carbocycles. The molecule has 1 rings (SSSR count). The molecule has 0 amide bonds. The van der Waals surface area contributed by atoms with Crippen LogP contribution in [0.15, 0.2) is 0 Å². The normalized spacial score (nSPS) is 22.2. The fourth-order valence-electron chi connectivity index (χ4n) is 2.03. The lowest BCUT2D eigenvalue weighted by Crippen LogP contribution is -2.42. The Morgan fingerprint density at radius 1 is 1.23 bits per heavy atom. The van der Waals surface area contributed by atoms with Gasteiger partial charge in [0.15, 0.2) is 0 Å². The van der Waals surface area contributed by atoms with Gasteiger partial charge in [0.1, 0.15) is 0 Å². The standard InChI is InChI=1S/C9H18F2N2/c10-9(11)8(13-12)6-7-4-2-1-3-5-7/h7-9,13H,1-6,12H2. The highest BCUT2D eigenvalue weighted by atomic mass is 19.3. The van der Waals surface area contributed by atoms with E-state index in [4.69, 9.17) is 5.84 Å². The topological polar surface area (TPSA) is 38.0 Å². The van der Waals surface area contributed by atoms with Gasteiger partial charge in [0, 0.05) is 0 Å². The molecule has 1 atom stereocenters. The largest absolute Gasteiger partial charge is 0.271 e. The van der Waals surface area contributed by atoms with E-state index in [1.165, 1.54) is 19.3 Å². The molecule has 1 fully saturated rings. The molecule has 0 aromatic heterocycles. The molecule has 0 heterocycles. The Balaban J connectivity index is 2.27. The smallest absolute Gasteiger partial charge is 0.255 e. The summed E-state index contributed by atoms with van der Waals surface area (Å²) in [7, 11) is 0. The molecule has 1 unspecified atom stereocenters. The van der Waals surface area contributed by atoms with Gasteiger partial charge < -0.3 is 0 Å². The van der Waals surface area contributed by atoms with Crippen molar-refractivity contribution in [3.05, 3.63) is 0 Å². The van der Waals surface area contributed by atoms with E-state index in [9.17, 15) is 8.78 Å². The summed E-state index contributed by atoms with van der Waals surface area (Å²) in [6.07, 6.45) is 3.98. The first kappa shape index (κ1) is 10.9. The second-order valence-corrected chi connectivity index (χ2v) is 3.85. The van der Waals surface area contributed by atoms with Crippen LogP contribution < -0.4 is 11.3 Å². The molecule has 0 aromatic rings. The third-order valence-corrected chi connectivity index (χ3v) is 2.83. The van der Waals surface area contributed by atoms with Crippen LogP contribution in [0.5, 0.6) is 0 Å². The Labute approximate surface area is 77.8 Å². The number of nitrogens with two attached hydrogens (primary N) is 1. The van der Waals surface area contributed by atoms with Gasteiger partial charge in [-0.2, -0.15) is 0 Å². The molecule has 0 spiro atoms. The molecule has 0 saturated heterocycles. The maximum atomic E-state index is 12.3. The maximum Gasteiger partial charge on any atom is 0.255 e. The van der Waals surface area contributed by atoms with E-state index in [1.54, 1.807) is 0 Å². The number of hydrogen-bond acceptors (Lipinski definition) is 2. The molecule has 4 heteroatoms. The molecule has 1 saturated carbocycles. The van der Waals surface area contributed by atoms with E-state index in [0.29, 0.717) is 12.3 Å². The van der Waals surface area contributed by atoms with Crippen molar-refractivity contribution in [2.24, 2.45) is 11.8 Å². The highest BCUT2D eigenvalue weighted by molar-refractivity contribution is 4.74. The van der Waals surface area contributed by atoms with E-state index < -0.39 is 12.5 Å². The number of nitrogens with one attached hydrogen (secondary N) is 1. The predicted octanol–water partition coefficient (Wildman–Crippen LogP) is 2.05. The Kier molecular flexibility index (Phi) is 4.59. The number of halogens is 2. The van der Waals surface area contributed by atoms with Gasteiger partial charge in [0.05, 0.1) is 6.04 Å². The van der Waals surface area contributed by atoms with Crippen LogP contribution in [0.25, 0.3) is 0 Å². The van der Waals surface area contributed by atoms with Crippen LogP contribution in [0.3, 0.4) is 0 Å². The van der Waals surface area contributed by atoms with Crippen LogP contribution in [0.2, 0.25) is 0 Å². The Hall–Kier alpha value is -0.220. The van der Waals surface area contributed by atoms with Crippen LogP contribution in [-0.2, 0) is 0 Å². The molecule has 0 radical (unpaired) electrons. The summed E-state index contributed by atoms with van der Waals surface area (Å²) < 4.78 is 24.6. The molecule has 1 aliphatic rings. The van der Waals surface area contributed by atoms with Crippen LogP contribution in [0.1, 0.15) is 38.5 Å². The van der Waals surface area contributed by atoms with E-state index >= 15 is 0 Å². The Morgan fingerprint density at radius 3 is 2.31 bits per heavy atom. The zero-order chi connectivity index (χ0) is 9.68. The third kappa shape index (κ3) is 3.56. The van der Waals surface area contributed by atoms with Gasteiger partial charge in [-0.3, -0.25) is 11.3 Å². The van der Waals surface area contributed by atoms with E-state index in [-0.39, 0.29) is 0 Å². The minimum absolute atomic E-state index is 0.448. The van der Waals surface area contributed by atoms with Gasteiger partial charge in [-0.05, 0) is 12.3 Å². The lowest BCUT2D eigenvalue weighted by Gasteiger charge is -2.25. The molecular formula is C9H18F2N2. The molecule has 0 bridgehead atoms. The van der Waals surface area contributed by atoms with Crippen molar-refractivity contribution in [3.63, 3.8) is 0 Å². The summed E-state index contributed by atoms with van der Waals surface area (Å²) in [5.41, 5.74) is 2.20. The second kappa shape index (κ2) is 5.50. The van der Waals surface area contributed by atoms with Crippen molar-refractivity contribution >= 4 is 0 Å². The molecule has 0 aliphatic heterocycles. The van der Waals surface area contributed by atoms with E-state index in [1.807, 2.05) is 0 Å². The van der Waals surface area contributed by atoms with Gasteiger partial charge in [-0.1, -0.05) is 32.1 Å². The zero-order valence-corrected chi connectivity index (χ0v) is 7.81. The lowest BCUT2D eigenvalue weighted by molar-refractivity contribution is 0.0815. The summed E-state index contributed by atoms with van der Waals surface area (Å²) in [5, 5.41) is 0. The SMILES string of the molecule is NNC(CC1CCCCC1)C(F)F. The minimum atomic E-state index is -2.34. The first-order valence-corrected chi connectivity index (χ1v) is 4.98. The first-order chi connectivity index (χ1) is 6.24.